The summed E-state index contributed by atoms with van der Waals surface area (Å²) in [6.45, 7) is 8.77. The number of halogens is 1. The van der Waals surface area contributed by atoms with Crippen LogP contribution >= 0.6 is 15.9 Å². The van der Waals surface area contributed by atoms with Gasteiger partial charge in [0.2, 0.25) is 0 Å². The number of benzene rings is 1. The highest BCUT2D eigenvalue weighted by molar-refractivity contribution is 9.10. The lowest BCUT2D eigenvalue weighted by Crippen LogP contribution is -2.24. The van der Waals surface area contributed by atoms with E-state index in [9.17, 15) is 5.11 Å². The van der Waals surface area contributed by atoms with E-state index in [-0.39, 0.29) is 0 Å². The largest absolute Gasteiger partial charge is 0.389 e. The summed E-state index contributed by atoms with van der Waals surface area (Å²) < 4.78 is 1.01. The van der Waals surface area contributed by atoms with Crippen LogP contribution in [0, 0.1) is 11.8 Å². The first kappa shape index (κ1) is 15.8. The van der Waals surface area contributed by atoms with E-state index in [2.05, 4.69) is 46.8 Å². The van der Waals surface area contributed by atoms with E-state index in [0.29, 0.717) is 0 Å². The van der Waals surface area contributed by atoms with Crippen LogP contribution in [-0.4, -0.2) is 18.2 Å². The van der Waals surface area contributed by atoms with Gasteiger partial charge in [-0.3, -0.25) is 0 Å². The smallest absolute Gasteiger partial charge is 0.0772 e. The van der Waals surface area contributed by atoms with Crippen LogP contribution < -0.4 is 4.90 Å². The summed E-state index contributed by atoms with van der Waals surface area (Å²) in [5.74, 6) is 1.65. The van der Waals surface area contributed by atoms with Crippen molar-refractivity contribution in [3.63, 3.8) is 0 Å². The molecular weight excluding hydrogens is 314 g/mol. The number of aliphatic hydroxyl groups excluding tert-OH is 1. The third kappa shape index (κ3) is 3.76. The van der Waals surface area contributed by atoms with Crippen LogP contribution in [0.3, 0.4) is 0 Å². The molecule has 0 radical (unpaired) electrons. The number of anilines is 1. The van der Waals surface area contributed by atoms with Crippen LogP contribution in [0.5, 0.6) is 0 Å². The van der Waals surface area contributed by atoms with Gasteiger partial charge in [-0.2, -0.15) is 0 Å². The quantitative estimate of drug-likeness (QED) is 0.857. The van der Waals surface area contributed by atoms with E-state index in [1.54, 1.807) is 6.92 Å². The maximum atomic E-state index is 9.70. The molecule has 2 nitrogen and oxygen atoms in total. The van der Waals surface area contributed by atoms with Crippen LogP contribution in [-0.2, 0) is 0 Å². The molecule has 0 aliphatic carbocycles. The maximum absolute atomic E-state index is 9.70. The SMILES string of the molecule is CC(O)c1ccc(N2CCCC(C(C)C)CC2)cc1Br. The standard InChI is InChI=1S/C17H26BrNO/c1-12(2)14-5-4-9-19(10-8-14)15-6-7-16(13(3)20)17(18)11-15/h6-7,11-14,20H,4-5,8-10H2,1-3H3. The number of rotatable bonds is 3. The monoisotopic (exact) mass is 339 g/mol. The van der Waals surface area contributed by atoms with Crippen molar-refractivity contribution in [2.45, 2.75) is 46.1 Å². The van der Waals surface area contributed by atoms with Crippen LogP contribution in [0.2, 0.25) is 0 Å². The fourth-order valence-corrected chi connectivity index (χ4v) is 3.80. The Kier molecular flexibility index (Phi) is 5.50. The van der Waals surface area contributed by atoms with Crippen LogP contribution in [0.15, 0.2) is 22.7 Å². The summed E-state index contributed by atoms with van der Waals surface area (Å²) in [6, 6.07) is 6.33. The van der Waals surface area contributed by atoms with Crippen molar-refractivity contribution in [2.75, 3.05) is 18.0 Å². The van der Waals surface area contributed by atoms with Gasteiger partial charge >= 0.3 is 0 Å². The first-order valence-electron chi connectivity index (χ1n) is 7.71. The summed E-state index contributed by atoms with van der Waals surface area (Å²) in [7, 11) is 0. The molecule has 1 aromatic carbocycles. The summed E-state index contributed by atoms with van der Waals surface area (Å²) >= 11 is 3.58. The molecule has 0 bridgehead atoms. The van der Waals surface area contributed by atoms with E-state index in [1.807, 2.05) is 6.07 Å². The van der Waals surface area contributed by atoms with Gasteiger partial charge in [0.25, 0.3) is 0 Å². The molecule has 1 saturated heterocycles. The molecule has 20 heavy (non-hydrogen) atoms. The molecule has 0 amide bonds. The van der Waals surface area contributed by atoms with Crippen LogP contribution in [0.25, 0.3) is 0 Å². The molecule has 1 N–H and O–H groups in total. The minimum atomic E-state index is -0.423. The Hall–Kier alpha value is -0.540. The van der Waals surface area contributed by atoms with Crippen molar-refractivity contribution in [3.05, 3.63) is 28.2 Å². The Bertz CT molecular complexity index is 445. The predicted molar refractivity (Wildman–Crippen MR) is 89.2 cm³/mol. The van der Waals surface area contributed by atoms with E-state index < -0.39 is 6.10 Å². The van der Waals surface area contributed by atoms with Gasteiger partial charge in [-0.25, -0.2) is 0 Å². The van der Waals surface area contributed by atoms with Gasteiger partial charge in [-0.1, -0.05) is 35.8 Å². The van der Waals surface area contributed by atoms with Gasteiger partial charge in [0.05, 0.1) is 6.10 Å². The molecule has 1 aliphatic heterocycles. The number of aliphatic hydroxyl groups is 1. The van der Waals surface area contributed by atoms with Crippen molar-refractivity contribution in [3.8, 4) is 0 Å². The number of hydrogen-bond acceptors (Lipinski definition) is 2. The highest BCUT2D eigenvalue weighted by atomic mass is 79.9. The third-order valence-corrected chi connectivity index (χ3v) is 5.20. The lowest BCUT2D eigenvalue weighted by atomic mass is 9.89. The van der Waals surface area contributed by atoms with E-state index in [4.69, 9.17) is 0 Å². The Labute approximate surface area is 131 Å². The zero-order valence-electron chi connectivity index (χ0n) is 12.8. The molecule has 1 fully saturated rings. The summed E-state index contributed by atoms with van der Waals surface area (Å²) in [5, 5.41) is 9.70. The van der Waals surface area contributed by atoms with Crippen molar-refractivity contribution in [2.24, 2.45) is 11.8 Å². The molecule has 112 valence electrons. The van der Waals surface area contributed by atoms with Crippen LogP contribution in [0.4, 0.5) is 5.69 Å². The second-order valence-electron chi connectivity index (χ2n) is 6.30. The van der Waals surface area contributed by atoms with Gasteiger partial charge in [-0.15, -0.1) is 0 Å². The minimum Gasteiger partial charge on any atom is -0.389 e. The first-order valence-corrected chi connectivity index (χ1v) is 8.50. The summed E-state index contributed by atoms with van der Waals surface area (Å²) in [5.41, 5.74) is 2.23. The van der Waals surface area contributed by atoms with Gasteiger partial charge in [0.1, 0.15) is 0 Å². The molecule has 1 aromatic rings. The Morgan fingerprint density at radius 3 is 2.55 bits per heavy atom. The lowest BCUT2D eigenvalue weighted by molar-refractivity contribution is 0.198. The molecule has 2 rings (SSSR count). The Balaban J connectivity index is 2.10. The zero-order valence-corrected chi connectivity index (χ0v) is 14.4. The fraction of sp³-hybridized carbons (Fsp3) is 0.647. The highest BCUT2D eigenvalue weighted by Gasteiger charge is 2.20. The van der Waals surface area contributed by atoms with Gasteiger partial charge < -0.3 is 10.0 Å². The van der Waals surface area contributed by atoms with Crippen molar-refractivity contribution >= 4 is 21.6 Å². The van der Waals surface area contributed by atoms with Crippen molar-refractivity contribution in [1.29, 1.82) is 0 Å². The molecule has 0 saturated carbocycles. The fourth-order valence-electron chi connectivity index (χ4n) is 3.10. The molecular formula is C17H26BrNO. The van der Waals surface area contributed by atoms with Crippen molar-refractivity contribution in [1.82, 2.24) is 0 Å². The summed E-state index contributed by atoms with van der Waals surface area (Å²) in [4.78, 5) is 2.49. The zero-order chi connectivity index (χ0) is 14.7. The second kappa shape index (κ2) is 6.95. The molecule has 1 heterocycles. The molecule has 2 unspecified atom stereocenters. The summed E-state index contributed by atoms with van der Waals surface area (Å²) in [6.07, 6.45) is 3.49. The second-order valence-corrected chi connectivity index (χ2v) is 7.16. The highest BCUT2D eigenvalue weighted by Crippen LogP contribution is 2.31. The van der Waals surface area contributed by atoms with E-state index in [0.717, 1.165) is 35.0 Å². The first-order chi connectivity index (χ1) is 9.49. The van der Waals surface area contributed by atoms with Gasteiger partial charge in [0.15, 0.2) is 0 Å². The van der Waals surface area contributed by atoms with E-state index in [1.165, 1.54) is 24.9 Å². The third-order valence-electron chi connectivity index (χ3n) is 4.51. The van der Waals surface area contributed by atoms with E-state index >= 15 is 0 Å². The van der Waals surface area contributed by atoms with Crippen LogP contribution in [0.1, 0.15) is 51.7 Å². The number of nitrogens with zero attached hydrogens (tertiary/aromatic N) is 1. The Morgan fingerprint density at radius 2 is 1.95 bits per heavy atom. The molecule has 1 aliphatic rings. The van der Waals surface area contributed by atoms with Gasteiger partial charge in [-0.05, 0) is 55.7 Å². The average Bonchev–Trinajstić information content (AvgIpc) is 2.63. The number of hydrogen-bond donors (Lipinski definition) is 1. The maximum Gasteiger partial charge on any atom is 0.0772 e. The minimum absolute atomic E-state index is 0.423. The lowest BCUT2D eigenvalue weighted by Gasteiger charge is -2.24. The topological polar surface area (TPSA) is 23.5 Å². The molecule has 3 heteroatoms. The predicted octanol–water partition coefficient (Wildman–Crippen LogP) is 4.76. The molecule has 0 aromatic heterocycles. The van der Waals surface area contributed by atoms with Crippen molar-refractivity contribution < 1.29 is 5.11 Å². The molecule has 2 atom stereocenters. The normalized spacial score (nSPS) is 21.9. The van der Waals surface area contributed by atoms with Gasteiger partial charge in [0, 0.05) is 23.2 Å². The Morgan fingerprint density at radius 1 is 1.20 bits per heavy atom. The molecule has 0 spiro atoms. The average molecular weight is 340 g/mol.